The second-order valence-corrected chi connectivity index (χ2v) is 7.08. The van der Waals surface area contributed by atoms with Gasteiger partial charge >= 0.3 is 0 Å². The Hall–Kier alpha value is -1.56. The first-order valence-electron chi connectivity index (χ1n) is 8.49. The first-order valence-corrected chi connectivity index (χ1v) is 9.25. The number of aryl methyl sites for hydroxylation is 1. The van der Waals surface area contributed by atoms with Crippen molar-refractivity contribution in [2.45, 2.75) is 25.7 Å². The van der Waals surface area contributed by atoms with E-state index in [1.165, 1.54) is 6.42 Å². The Bertz CT molecular complexity index is 727. The third kappa shape index (κ3) is 5.21. The number of benzene rings is 1. The van der Waals surface area contributed by atoms with Gasteiger partial charge in [-0.05, 0) is 50.0 Å². The van der Waals surface area contributed by atoms with Gasteiger partial charge in [0.25, 0.3) is 0 Å². The maximum absolute atomic E-state index is 11.9. The van der Waals surface area contributed by atoms with Gasteiger partial charge in [0.2, 0.25) is 5.91 Å². The van der Waals surface area contributed by atoms with Crippen LogP contribution in [0.25, 0.3) is 11.3 Å². The average Bonchev–Trinajstić information content (AvgIpc) is 3.25. The van der Waals surface area contributed by atoms with Gasteiger partial charge in [0.15, 0.2) is 11.7 Å². The lowest BCUT2D eigenvalue weighted by Crippen LogP contribution is -2.26. The van der Waals surface area contributed by atoms with Crippen molar-refractivity contribution in [3.63, 3.8) is 0 Å². The molecule has 2 N–H and O–H groups in total. The lowest BCUT2D eigenvalue weighted by Gasteiger charge is -2.08. The highest BCUT2D eigenvalue weighted by molar-refractivity contribution is 6.36. The normalized spacial score (nSPS) is 17.0. The SMILES string of the molecule is O=C(CCc1ncc(-c2ccc(Cl)cc2Cl)o1)NCCC1CCNC1. The van der Waals surface area contributed by atoms with E-state index >= 15 is 0 Å². The number of halogens is 2. The maximum atomic E-state index is 11.9. The summed E-state index contributed by atoms with van der Waals surface area (Å²) in [6.45, 7) is 2.87. The number of oxazole rings is 1. The minimum atomic E-state index is 0.0234. The zero-order valence-electron chi connectivity index (χ0n) is 13.9. The molecule has 0 aliphatic carbocycles. The summed E-state index contributed by atoms with van der Waals surface area (Å²) in [7, 11) is 0. The predicted molar refractivity (Wildman–Crippen MR) is 98.9 cm³/mol. The fraction of sp³-hybridized carbons (Fsp3) is 0.444. The van der Waals surface area contributed by atoms with Gasteiger partial charge in [-0.15, -0.1) is 0 Å². The van der Waals surface area contributed by atoms with Crippen molar-refractivity contribution in [2.24, 2.45) is 5.92 Å². The van der Waals surface area contributed by atoms with Crippen molar-refractivity contribution in [1.82, 2.24) is 15.6 Å². The number of carbonyl (C=O) groups is 1. The van der Waals surface area contributed by atoms with E-state index in [1.54, 1.807) is 24.4 Å². The third-order valence-corrected chi connectivity index (χ3v) is 4.90. The molecule has 1 aromatic heterocycles. The van der Waals surface area contributed by atoms with Crippen molar-refractivity contribution in [3.8, 4) is 11.3 Å². The first kappa shape index (κ1) is 18.2. The molecule has 0 radical (unpaired) electrons. The summed E-state index contributed by atoms with van der Waals surface area (Å²) < 4.78 is 5.70. The Balaban J connectivity index is 1.45. The lowest BCUT2D eigenvalue weighted by molar-refractivity contribution is -0.121. The molecule has 1 aromatic carbocycles. The number of nitrogens with zero attached hydrogens (tertiary/aromatic N) is 1. The number of rotatable bonds is 7. The summed E-state index contributed by atoms with van der Waals surface area (Å²) in [6.07, 6.45) is 4.66. The van der Waals surface area contributed by atoms with Crippen LogP contribution in [0.15, 0.2) is 28.8 Å². The van der Waals surface area contributed by atoms with Crippen LogP contribution in [-0.2, 0) is 11.2 Å². The van der Waals surface area contributed by atoms with Gasteiger partial charge in [-0.2, -0.15) is 0 Å². The van der Waals surface area contributed by atoms with Gasteiger partial charge < -0.3 is 15.1 Å². The summed E-state index contributed by atoms with van der Waals surface area (Å²) in [5.74, 6) is 1.80. The Morgan fingerprint density at radius 3 is 3.04 bits per heavy atom. The minimum absolute atomic E-state index is 0.0234. The molecule has 1 aliphatic rings. The van der Waals surface area contributed by atoms with Crippen LogP contribution >= 0.6 is 23.2 Å². The molecule has 2 aromatic rings. The molecular weight excluding hydrogens is 361 g/mol. The van der Waals surface area contributed by atoms with Crippen molar-refractivity contribution < 1.29 is 9.21 Å². The Morgan fingerprint density at radius 1 is 1.40 bits per heavy atom. The highest BCUT2D eigenvalue weighted by Gasteiger charge is 2.15. The molecule has 1 amide bonds. The molecule has 3 rings (SSSR count). The van der Waals surface area contributed by atoms with Gasteiger partial charge in [-0.25, -0.2) is 4.98 Å². The van der Waals surface area contributed by atoms with Crippen LogP contribution in [0.1, 0.15) is 25.2 Å². The predicted octanol–water partition coefficient (Wildman–Crippen LogP) is 3.70. The third-order valence-electron chi connectivity index (χ3n) is 4.35. The van der Waals surface area contributed by atoms with E-state index in [9.17, 15) is 4.79 Å². The summed E-state index contributed by atoms with van der Waals surface area (Å²) in [4.78, 5) is 16.2. The molecule has 0 spiro atoms. The fourth-order valence-corrected chi connectivity index (χ4v) is 3.43. The van der Waals surface area contributed by atoms with Crippen LogP contribution in [0.5, 0.6) is 0 Å². The minimum Gasteiger partial charge on any atom is -0.441 e. The molecule has 1 fully saturated rings. The molecular formula is C18H21Cl2N3O2. The van der Waals surface area contributed by atoms with Crippen molar-refractivity contribution >= 4 is 29.1 Å². The zero-order valence-corrected chi connectivity index (χ0v) is 15.4. The number of hydrogen-bond acceptors (Lipinski definition) is 4. The van der Waals surface area contributed by atoms with E-state index in [0.717, 1.165) is 31.6 Å². The lowest BCUT2D eigenvalue weighted by atomic mass is 10.1. The van der Waals surface area contributed by atoms with Crippen LogP contribution in [0.3, 0.4) is 0 Å². The molecule has 5 nitrogen and oxygen atoms in total. The topological polar surface area (TPSA) is 67.2 Å². The van der Waals surface area contributed by atoms with Gasteiger partial charge in [0.05, 0.1) is 11.2 Å². The molecule has 7 heteroatoms. The largest absolute Gasteiger partial charge is 0.441 e. The van der Waals surface area contributed by atoms with Gasteiger partial charge in [-0.1, -0.05) is 23.2 Å². The monoisotopic (exact) mass is 381 g/mol. The first-order chi connectivity index (χ1) is 12.1. The van der Waals surface area contributed by atoms with Crippen molar-refractivity contribution in [3.05, 3.63) is 40.3 Å². The molecule has 2 heterocycles. The molecule has 134 valence electrons. The van der Waals surface area contributed by atoms with Crippen LogP contribution in [0.4, 0.5) is 0 Å². The van der Waals surface area contributed by atoms with Crippen molar-refractivity contribution in [1.29, 1.82) is 0 Å². The molecule has 1 saturated heterocycles. The fourth-order valence-electron chi connectivity index (χ4n) is 2.93. The quantitative estimate of drug-likeness (QED) is 0.767. The summed E-state index contributed by atoms with van der Waals surface area (Å²) in [5, 5.41) is 7.37. The summed E-state index contributed by atoms with van der Waals surface area (Å²) >= 11 is 12.1. The Labute approximate surface area is 157 Å². The van der Waals surface area contributed by atoms with E-state index in [4.69, 9.17) is 27.6 Å². The Morgan fingerprint density at radius 2 is 2.28 bits per heavy atom. The van der Waals surface area contributed by atoms with Crippen LogP contribution in [0.2, 0.25) is 10.0 Å². The maximum Gasteiger partial charge on any atom is 0.220 e. The van der Waals surface area contributed by atoms with Gasteiger partial charge in [0.1, 0.15) is 0 Å². The highest BCUT2D eigenvalue weighted by Crippen LogP contribution is 2.30. The van der Waals surface area contributed by atoms with E-state index in [0.29, 0.717) is 40.5 Å². The van der Waals surface area contributed by atoms with Crippen LogP contribution < -0.4 is 10.6 Å². The standard InChI is InChI=1S/C18H21Cl2N3O2/c19-13-1-2-14(15(20)9-13)16-11-23-18(25-16)4-3-17(24)22-8-6-12-5-7-21-10-12/h1-2,9,11-12,21H,3-8,10H2,(H,22,24). The van der Waals surface area contributed by atoms with Gasteiger partial charge in [0, 0.05) is 30.0 Å². The van der Waals surface area contributed by atoms with E-state index in [2.05, 4.69) is 15.6 Å². The average molecular weight is 382 g/mol. The molecule has 25 heavy (non-hydrogen) atoms. The van der Waals surface area contributed by atoms with Crippen molar-refractivity contribution in [2.75, 3.05) is 19.6 Å². The number of amides is 1. The Kier molecular flexibility index (Phi) is 6.34. The van der Waals surface area contributed by atoms with Crippen LogP contribution in [0, 0.1) is 5.92 Å². The number of hydrogen-bond donors (Lipinski definition) is 2. The number of aromatic nitrogens is 1. The highest BCUT2D eigenvalue weighted by atomic mass is 35.5. The van der Waals surface area contributed by atoms with E-state index in [-0.39, 0.29) is 5.91 Å². The van der Waals surface area contributed by atoms with Gasteiger partial charge in [-0.3, -0.25) is 4.79 Å². The smallest absolute Gasteiger partial charge is 0.220 e. The van der Waals surface area contributed by atoms with Crippen LogP contribution in [-0.4, -0.2) is 30.5 Å². The zero-order chi connectivity index (χ0) is 17.6. The number of nitrogens with one attached hydrogen (secondary N) is 2. The molecule has 0 bridgehead atoms. The number of carbonyl (C=O) groups excluding carboxylic acids is 1. The summed E-state index contributed by atoms with van der Waals surface area (Å²) in [6, 6.07) is 5.20. The molecule has 1 atom stereocenters. The van der Waals surface area contributed by atoms with E-state index < -0.39 is 0 Å². The second kappa shape index (κ2) is 8.70. The second-order valence-electron chi connectivity index (χ2n) is 6.24. The summed E-state index contributed by atoms with van der Waals surface area (Å²) in [5.41, 5.74) is 0.736. The molecule has 0 saturated carbocycles. The van der Waals surface area contributed by atoms with E-state index in [1.807, 2.05) is 0 Å². The molecule has 1 unspecified atom stereocenters. The molecule has 1 aliphatic heterocycles.